The van der Waals surface area contributed by atoms with Crippen molar-refractivity contribution in [3.63, 3.8) is 0 Å². The fourth-order valence-electron chi connectivity index (χ4n) is 4.35. The summed E-state index contributed by atoms with van der Waals surface area (Å²) in [6.45, 7) is 4.40. The molecule has 0 bridgehead atoms. The number of carbonyl (C=O) groups is 1. The molecular weight excluding hydrogens is 422 g/mol. The van der Waals surface area contributed by atoms with Crippen LogP contribution < -0.4 is 0 Å². The number of hydrogen-bond acceptors (Lipinski definition) is 7. The zero-order valence-electron chi connectivity index (χ0n) is 18.3. The van der Waals surface area contributed by atoms with Gasteiger partial charge in [-0.2, -0.15) is 10.2 Å². The fraction of sp³-hybridized carbons (Fsp3) is 0.273. The van der Waals surface area contributed by atoms with Gasteiger partial charge in [0.05, 0.1) is 35.0 Å². The summed E-state index contributed by atoms with van der Waals surface area (Å²) in [5.41, 5.74) is 6.15. The lowest BCUT2D eigenvalue weighted by atomic mass is 9.99. The minimum absolute atomic E-state index is 0.0721. The number of carbonyl (C=O) groups excluding carboxylic acids is 1. The number of aromatic amines is 1. The molecule has 0 fully saturated rings. The van der Waals surface area contributed by atoms with Gasteiger partial charge in [-0.05, 0) is 31.5 Å². The summed E-state index contributed by atoms with van der Waals surface area (Å²) in [5, 5.41) is 17.1. The van der Waals surface area contributed by atoms with Crippen LogP contribution in [0.1, 0.15) is 45.1 Å². The molecule has 6 rings (SSSR count). The van der Waals surface area contributed by atoms with Crippen LogP contribution in [0, 0.1) is 13.8 Å². The lowest BCUT2D eigenvalue weighted by molar-refractivity contribution is 0.0646. The van der Waals surface area contributed by atoms with Crippen molar-refractivity contribution in [1.82, 2.24) is 44.5 Å². The number of hydrogen-bond donors (Lipinski definition) is 1. The van der Waals surface area contributed by atoms with Crippen molar-refractivity contribution in [2.75, 3.05) is 6.54 Å². The van der Waals surface area contributed by atoms with Crippen LogP contribution in [0.4, 0.5) is 0 Å². The molecule has 1 N–H and O–H groups in total. The minimum Gasteiger partial charge on any atom is -0.412 e. The van der Waals surface area contributed by atoms with Crippen LogP contribution >= 0.6 is 0 Å². The third-order valence-electron chi connectivity index (χ3n) is 6.27. The number of rotatable bonds is 3. The topological polar surface area (TPSA) is 123 Å². The summed E-state index contributed by atoms with van der Waals surface area (Å²) in [6, 6.07) is 5.51. The Labute approximate surface area is 188 Å². The average molecular weight is 443 g/mol. The van der Waals surface area contributed by atoms with Gasteiger partial charge in [-0.25, -0.2) is 9.50 Å². The van der Waals surface area contributed by atoms with Crippen LogP contribution in [-0.4, -0.2) is 56.9 Å². The molecule has 11 nitrogen and oxygen atoms in total. The maximum Gasteiger partial charge on any atom is 0.312 e. The smallest absolute Gasteiger partial charge is 0.312 e. The summed E-state index contributed by atoms with van der Waals surface area (Å²) >= 11 is 0. The van der Waals surface area contributed by atoms with Crippen molar-refractivity contribution in [2.24, 2.45) is 7.05 Å². The Morgan fingerprint density at radius 2 is 2.15 bits per heavy atom. The molecule has 6 heterocycles. The highest BCUT2D eigenvalue weighted by molar-refractivity contribution is 5.90. The quantitative estimate of drug-likeness (QED) is 0.454. The highest BCUT2D eigenvalue weighted by Gasteiger charge is 2.38. The summed E-state index contributed by atoms with van der Waals surface area (Å²) in [5.74, 6) is -0.166. The zero-order chi connectivity index (χ0) is 22.7. The Morgan fingerprint density at radius 3 is 2.94 bits per heavy atom. The Bertz CT molecular complexity index is 1510. The first-order valence-corrected chi connectivity index (χ1v) is 10.6. The SMILES string of the molecule is Cc1cccn2nc([C@H]3c4nc[nH]c4CCN3C(=O)c3nnc(-c4cnn(C)c4C)o3)cc12. The van der Waals surface area contributed by atoms with Crippen molar-refractivity contribution in [2.45, 2.75) is 26.3 Å². The molecule has 1 atom stereocenters. The van der Waals surface area contributed by atoms with E-state index in [2.05, 4.69) is 25.3 Å². The van der Waals surface area contributed by atoms with Crippen LogP contribution in [-0.2, 0) is 13.5 Å². The highest BCUT2D eigenvalue weighted by atomic mass is 16.4. The van der Waals surface area contributed by atoms with E-state index in [4.69, 9.17) is 9.52 Å². The first-order chi connectivity index (χ1) is 16.0. The van der Waals surface area contributed by atoms with E-state index in [1.54, 1.807) is 22.1 Å². The lowest BCUT2D eigenvalue weighted by Crippen LogP contribution is -2.41. The van der Waals surface area contributed by atoms with Gasteiger partial charge in [-0.1, -0.05) is 6.07 Å². The number of aromatic nitrogens is 8. The molecule has 0 aliphatic carbocycles. The van der Waals surface area contributed by atoms with E-state index in [0.29, 0.717) is 18.5 Å². The maximum atomic E-state index is 13.6. The summed E-state index contributed by atoms with van der Waals surface area (Å²) < 4.78 is 9.33. The van der Waals surface area contributed by atoms with Crippen molar-refractivity contribution in [1.29, 1.82) is 0 Å². The van der Waals surface area contributed by atoms with Gasteiger partial charge in [0.1, 0.15) is 6.04 Å². The number of amides is 1. The molecule has 1 aliphatic rings. The third-order valence-corrected chi connectivity index (χ3v) is 6.27. The predicted molar refractivity (Wildman–Crippen MR) is 116 cm³/mol. The van der Waals surface area contributed by atoms with Gasteiger partial charge in [0.25, 0.3) is 5.89 Å². The Morgan fingerprint density at radius 1 is 1.27 bits per heavy atom. The largest absolute Gasteiger partial charge is 0.412 e. The number of nitrogens with zero attached hydrogens (tertiary/aromatic N) is 8. The van der Waals surface area contributed by atoms with E-state index in [1.165, 1.54) is 0 Å². The van der Waals surface area contributed by atoms with E-state index < -0.39 is 6.04 Å². The zero-order valence-corrected chi connectivity index (χ0v) is 18.3. The molecule has 0 radical (unpaired) electrons. The van der Waals surface area contributed by atoms with Gasteiger partial charge in [-0.15, -0.1) is 10.2 Å². The average Bonchev–Trinajstić information content (AvgIpc) is 3.60. The van der Waals surface area contributed by atoms with E-state index in [-0.39, 0.29) is 17.7 Å². The molecule has 5 aromatic rings. The molecule has 0 unspecified atom stereocenters. The van der Waals surface area contributed by atoms with E-state index >= 15 is 0 Å². The molecule has 1 amide bonds. The van der Waals surface area contributed by atoms with Crippen LogP contribution in [0.2, 0.25) is 0 Å². The fourth-order valence-corrected chi connectivity index (χ4v) is 4.35. The highest BCUT2D eigenvalue weighted by Crippen LogP contribution is 2.34. The van der Waals surface area contributed by atoms with Gasteiger partial charge in [0.15, 0.2) is 0 Å². The molecule has 33 heavy (non-hydrogen) atoms. The number of imidazole rings is 1. The van der Waals surface area contributed by atoms with E-state index in [0.717, 1.165) is 33.9 Å². The maximum absolute atomic E-state index is 13.6. The van der Waals surface area contributed by atoms with Crippen LogP contribution in [0.25, 0.3) is 17.0 Å². The number of H-pyrrole nitrogens is 1. The molecule has 0 aromatic carbocycles. The second-order valence-electron chi connectivity index (χ2n) is 8.19. The number of aryl methyl sites for hydroxylation is 2. The Balaban J connectivity index is 1.41. The van der Waals surface area contributed by atoms with Crippen LogP contribution in [0.5, 0.6) is 0 Å². The molecule has 1 aliphatic heterocycles. The van der Waals surface area contributed by atoms with Gasteiger partial charge < -0.3 is 14.3 Å². The lowest BCUT2D eigenvalue weighted by Gasteiger charge is -2.32. The Hall–Kier alpha value is -4.28. The third kappa shape index (κ3) is 2.96. The van der Waals surface area contributed by atoms with Gasteiger partial charge in [0.2, 0.25) is 0 Å². The van der Waals surface area contributed by atoms with Crippen LogP contribution in [0.3, 0.4) is 0 Å². The molecule has 166 valence electrons. The van der Waals surface area contributed by atoms with Gasteiger partial charge in [-0.3, -0.25) is 9.48 Å². The monoisotopic (exact) mass is 443 g/mol. The Kier molecular flexibility index (Phi) is 4.19. The van der Waals surface area contributed by atoms with E-state index in [9.17, 15) is 4.79 Å². The molecule has 11 heteroatoms. The number of pyridine rings is 1. The van der Waals surface area contributed by atoms with Gasteiger partial charge >= 0.3 is 11.8 Å². The minimum atomic E-state index is -0.470. The van der Waals surface area contributed by atoms with Crippen molar-refractivity contribution >= 4 is 11.4 Å². The standard InChI is InChI=1S/C22H21N9O2/c1-12-5-4-7-31-17(12)9-16(28-31)19-18-15(23-11-24-18)6-8-30(19)22(32)21-27-26-20(33-21)14-10-25-29(3)13(14)2/h4-5,7,9-11,19H,6,8H2,1-3H3,(H,23,24)/t19-/m0/s1. The summed E-state index contributed by atoms with van der Waals surface area (Å²) in [7, 11) is 1.83. The predicted octanol–water partition coefficient (Wildman–Crippen LogP) is 2.25. The van der Waals surface area contributed by atoms with Crippen molar-refractivity contribution < 1.29 is 9.21 Å². The second-order valence-corrected chi connectivity index (χ2v) is 8.19. The van der Waals surface area contributed by atoms with Crippen molar-refractivity contribution in [3.8, 4) is 11.5 Å². The summed E-state index contributed by atoms with van der Waals surface area (Å²) in [4.78, 5) is 23.0. The molecule has 0 saturated carbocycles. The van der Waals surface area contributed by atoms with Crippen molar-refractivity contribution in [3.05, 3.63) is 71.1 Å². The van der Waals surface area contributed by atoms with E-state index in [1.807, 2.05) is 49.8 Å². The van der Waals surface area contributed by atoms with Crippen LogP contribution in [0.15, 0.2) is 41.3 Å². The first kappa shape index (κ1) is 19.4. The molecule has 5 aromatic heterocycles. The second kappa shape index (κ2) is 7.12. The molecule has 0 spiro atoms. The summed E-state index contributed by atoms with van der Waals surface area (Å²) in [6.07, 6.45) is 5.85. The molecule has 0 saturated heterocycles. The van der Waals surface area contributed by atoms with Gasteiger partial charge in [0, 0.05) is 37.6 Å². The first-order valence-electron chi connectivity index (χ1n) is 10.6. The normalized spacial score (nSPS) is 15.8. The number of nitrogens with one attached hydrogen (secondary N) is 1. The number of fused-ring (bicyclic) bond motifs is 2. The molecular formula is C22H21N9O2.